The van der Waals surface area contributed by atoms with E-state index in [-0.39, 0.29) is 28.2 Å². The summed E-state index contributed by atoms with van der Waals surface area (Å²) in [7, 11) is -8.82. The van der Waals surface area contributed by atoms with Gasteiger partial charge in [-0.2, -0.15) is 8.78 Å². The van der Waals surface area contributed by atoms with Gasteiger partial charge in [-0.25, -0.2) is 18.4 Å². The van der Waals surface area contributed by atoms with Crippen molar-refractivity contribution in [2.75, 3.05) is 23.9 Å². The zero-order valence-corrected chi connectivity index (χ0v) is 16.7. The summed E-state index contributed by atoms with van der Waals surface area (Å²) in [5, 5.41) is 3.15. The number of halogens is 3. The summed E-state index contributed by atoms with van der Waals surface area (Å²) in [6, 6.07) is 2.11. The molecule has 0 fully saturated rings. The van der Waals surface area contributed by atoms with E-state index < -0.39 is 28.7 Å². The maximum Gasteiger partial charge on any atom is 0.399 e. The maximum absolute atomic E-state index is 14.0. The zero-order chi connectivity index (χ0) is 19.8. The van der Waals surface area contributed by atoms with Gasteiger partial charge in [0.2, 0.25) is 5.95 Å². The summed E-state index contributed by atoms with van der Waals surface area (Å²) < 4.78 is 61.0. The van der Waals surface area contributed by atoms with Crippen LogP contribution in [0, 0.1) is 0 Å². The minimum Gasteiger partial charge on any atom is -0.354 e. The molecule has 144 valence electrons. The fourth-order valence-electron chi connectivity index (χ4n) is 2.06. The molecule has 0 atom stereocenters. The SMILES string of the molecule is CS(=O)(=O)CCCNc1ncc2cc(Br)c(C(F)(F)P(=O)(O)O)cc2n1. The molecule has 0 bridgehead atoms. The topological polar surface area (TPSA) is 129 Å². The number of alkyl halides is 2. The van der Waals surface area contributed by atoms with E-state index in [1.165, 1.54) is 12.3 Å². The van der Waals surface area contributed by atoms with Crippen LogP contribution >= 0.6 is 23.5 Å². The summed E-state index contributed by atoms with van der Waals surface area (Å²) in [6.45, 7) is 0.251. The van der Waals surface area contributed by atoms with Crippen LogP contribution in [-0.2, 0) is 20.1 Å². The van der Waals surface area contributed by atoms with Gasteiger partial charge < -0.3 is 15.1 Å². The molecule has 1 aromatic heterocycles. The van der Waals surface area contributed by atoms with E-state index in [1.54, 1.807) is 0 Å². The van der Waals surface area contributed by atoms with E-state index in [1.807, 2.05) is 0 Å². The summed E-state index contributed by atoms with van der Waals surface area (Å²) in [4.78, 5) is 25.8. The molecule has 1 aromatic carbocycles. The first-order chi connectivity index (χ1) is 11.8. The lowest BCUT2D eigenvalue weighted by Crippen LogP contribution is -2.15. The summed E-state index contributed by atoms with van der Waals surface area (Å²) >= 11 is 2.88. The molecule has 13 heteroatoms. The maximum atomic E-state index is 14.0. The fraction of sp³-hybridized carbons (Fsp3) is 0.385. The number of anilines is 1. The van der Waals surface area contributed by atoms with Crippen LogP contribution in [0.25, 0.3) is 10.9 Å². The Morgan fingerprint density at radius 2 is 2.00 bits per heavy atom. The lowest BCUT2D eigenvalue weighted by atomic mass is 10.1. The molecule has 0 aliphatic carbocycles. The first kappa shape index (κ1) is 21.1. The Morgan fingerprint density at radius 1 is 1.35 bits per heavy atom. The Hall–Kier alpha value is -1.20. The molecule has 0 unspecified atom stereocenters. The standard InChI is InChI=1S/C13H15BrF2N3O5PS/c1-26(23,24)4-2-3-17-12-18-7-8-5-10(14)9(6-11(8)19-12)13(15,16)25(20,21)22/h5-7H,2-4H2,1H3,(H,17,18,19)(H2,20,21,22). The minimum atomic E-state index is -5.72. The molecule has 3 N–H and O–H groups in total. The highest BCUT2D eigenvalue weighted by Crippen LogP contribution is 2.60. The van der Waals surface area contributed by atoms with Crippen molar-refractivity contribution >= 4 is 50.2 Å². The van der Waals surface area contributed by atoms with Gasteiger partial charge in [0, 0.05) is 34.4 Å². The number of hydrogen-bond acceptors (Lipinski definition) is 6. The first-order valence-corrected chi connectivity index (χ1v) is 11.6. The van der Waals surface area contributed by atoms with E-state index >= 15 is 0 Å². The summed E-state index contributed by atoms with van der Waals surface area (Å²) in [5.41, 5.74) is -5.22. The van der Waals surface area contributed by atoms with Crippen molar-refractivity contribution in [2.45, 2.75) is 12.1 Å². The lowest BCUT2D eigenvalue weighted by Gasteiger charge is -2.19. The molecule has 0 spiro atoms. The van der Waals surface area contributed by atoms with Crippen LogP contribution in [0.5, 0.6) is 0 Å². The van der Waals surface area contributed by atoms with Crippen LogP contribution in [0.1, 0.15) is 12.0 Å². The fourth-order valence-corrected chi connectivity index (χ4v) is 3.99. The van der Waals surface area contributed by atoms with Crippen molar-refractivity contribution in [2.24, 2.45) is 0 Å². The first-order valence-electron chi connectivity index (χ1n) is 7.13. The van der Waals surface area contributed by atoms with Gasteiger partial charge in [0.1, 0.15) is 9.84 Å². The molecule has 26 heavy (non-hydrogen) atoms. The monoisotopic (exact) mass is 473 g/mol. The number of benzene rings is 1. The molecule has 0 saturated carbocycles. The average Bonchev–Trinajstić information content (AvgIpc) is 2.49. The number of hydrogen-bond donors (Lipinski definition) is 3. The largest absolute Gasteiger partial charge is 0.399 e. The van der Waals surface area contributed by atoms with Gasteiger partial charge in [-0.05, 0) is 18.6 Å². The smallest absolute Gasteiger partial charge is 0.354 e. The number of fused-ring (bicyclic) bond motifs is 1. The molecular weight excluding hydrogens is 459 g/mol. The second-order valence-corrected chi connectivity index (χ2v) is 10.3. The van der Waals surface area contributed by atoms with Gasteiger partial charge >= 0.3 is 13.3 Å². The third kappa shape index (κ3) is 4.95. The summed E-state index contributed by atoms with van der Waals surface area (Å²) in [5.74, 6) is 0.0536. The third-order valence-corrected chi connectivity index (χ3v) is 5.99. The Labute approximate surface area is 156 Å². The molecule has 2 rings (SSSR count). The van der Waals surface area contributed by atoms with E-state index in [0.717, 1.165) is 12.3 Å². The van der Waals surface area contributed by atoms with Crippen molar-refractivity contribution in [3.8, 4) is 0 Å². The molecule has 8 nitrogen and oxygen atoms in total. The van der Waals surface area contributed by atoms with Crippen molar-refractivity contribution in [1.29, 1.82) is 0 Å². The second kappa shape index (κ2) is 7.43. The molecule has 0 aliphatic rings. The van der Waals surface area contributed by atoms with Crippen molar-refractivity contribution in [3.05, 3.63) is 28.4 Å². The predicted molar refractivity (Wildman–Crippen MR) is 96.0 cm³/mol. The number of nitrogens with zero attached hydrogens (tertiary/aromatic N) is 2. The van der Waals surface area contributed by atoms with Crippen LogP contribution in [0.15, 0.2) is 22.8 Å². The van der Waals surface area contributed by atoms with Gasteiger partial charge in [-0.1, -0.05) is 15.9 Å². The Kier molecular flexibility index (Phi) is 6.03. The molecule has 0 amide bonds. The predicted octanol–water partition coefficient (Wildman–Crippen LogP) is 2.47. The molecule has 2 aromatic rings. The van der Waals surface area contributed by atoms with Crippen molar-refractivity contribution in [3.63, 3.8) is 0 Å². The van der Waals surface area contributed by atoms with Crippen LogP contribution in [0.4, 0.5) is 14.7 Å². The van der Waals surface area contributed by atoms with Gasteiger partial charge in [-0.15, -0.1) is 0 Å². The van der Waals surface area contributed by atoms with E-state index in [9.17, 15) is 21.8 Å². The van der Waals surface area contributed by atoms with Crippen LogP contribution < -0.4 is 5.32 Å². The van der Waals surface area contributed by atoms with Gasteiger partial charge in [-0.3, -0.25) is 4.57 Å². The number of nitrogens with one attached hydrogen (secondary N) is 1. The number of aromatic nitrogens is 2. The molecule has 1 heterocycles. The van der Waals surface area contributed by atoms with Crippen LogP contribution in [0.2, 0.25) is 0 Å². The molecule has 0 saturated heterocycles. The van der Waals surface area contributed by atoms with Crippen molar-refractivity contribution in [1.82, 2.24) is 9.97 Å². The third-order valence-electron chi connectivity index (χ3n) is 3.33. The van der Waals surface area contributed by atoms with Gasteiger partial charge in [0.15, 0.2) is 0 Å². The van der Waals surface area contributed by atoms with E-state index in [2.05, 4.69) is 31.2 Å². The lowest BCUT2D eigenvalue weighted by molar-refractivity contribution is 0.0558. The highest BCUT2D eigenvalue weighted by Gasteiger charge is 2.51. The van der Waals surface area contributed by atoms with E-state index in [4.69, 9.17) is 9.79 Å². The highest BCUT2D eigenvalue weighted by molar-refractivity contribution is 9.10. The van der Waals surface area contributed by atoms with E-state index in [0.29, 0.717) is 11.8 Å². The van der Waals surface area contributed by atoms with Crippen molar-refractivity contribution < 1.29 is 31.6 Å². The van der Waals surface area contributed by atoms with Crippen LogP contribution in [-0.4, -0.2) is 46.7 Å². The molecule has 0 aliphatic heterocycles. The van der Waals surface area contributed by atoms with Gasteiger partial charge in [0.05, 0.1) is 11.3 Å². The Balaban J connectivity index is 2.31. The normalized spacial score (nSPS) is 13.2. The highest BCUT2D eigenvalue weighted by atomic mass is 79.9. The quantitative estimate of drug-likeness (QED) is 0.413. The molecular formula is C13H15BrF2N3O5PS. The number of rotatable bonds is 7. The minimum absolute atomic E-state index is 0.0286. The number of sulfone groups is 1. The molecule has 0 radical (unpaired) electrons. The Morgan fingerprint density at radius 3 is 2.58 bits per heavy atom. The average molecular weight is 474 g/mol. The zero-order valence-electron chi connectivity index (χ0n) is 13.4. The summed E-state index contributed by atoms with van der Waals surface area (Å²) in [6.07, 6.45) is 2.77. The Bertz CT molecular complexity index is 983. The van der Waals surface area contributed by atoms with Gasteiger partial charge in [0.25, 0.3) is 0 Å². The van der Waals surface area contributed by atoms with Crippen LogP contribution in [0.3, 0.4) is 0 Å². The second-order valence-electron chi connectivity index (χ2n) is 5.58.